The standard InChI is InChI=1S/C17H29NO3Si/c1-14(2)21-22(3,4)13-5-12-20-17(19)11-8-15-6-9-16(18)10-7-15/h6-7,9-10,14H,5,8,11-13,18H2,1-4H3. The lowest BCUT2D eigenvalue weighted by Gasteiger charge is -2.25. The van der Waals surface area contributed by atoms with Crippen molar-refractivity contribution in [3.8, 4) is 0 Å². The van der Waals surface area contributed by atoms with Crippen LogP contribution in [0, 0.1) is 0 Å². The summed E-state index contributed by atoms with van der Waals surface area (Å²) in [5, 5.41) is 0. The number of nitrogens with two attached hydrogens (primary N) is 1. The van der Waals surface area contributed by atoms with Crippen molar-refractivity contribution in [1.82, 2.24) is 0 Å². The second-order valence-corrected chi connectivity index (χ2v) is 10.7. The minimum Gasteiger partial charge on any atom is -0.466 e. The smallest absolute Gasteiger partial charge is 0.306 e. The molecule has 0 saturated heterocycles. The van der Waals surface area contributed by atoms with Crippen LogP contribution < -0.4 is 5.73 Å². The van der Waals surface area contributed by atoms with Crippen LogP contribution in [0.1, 0.15) is 32.3 Å². The summed E-state index contributed by atoms with van der Waals surface area (Å²) in [6.07, 6.45) is 2.24. The van der Waals surface area contributed by atoms with E-state index in [1.807, 2.05) is 24.3 Å². The van der Waals surface area contributed by atoms with Crippen molar-refractivity contribution in [2.24, 2.45) is 0 Å². The van der Waals surface area contributed by atoms with Crippen LogP contribution in [-0.2, 0) is 20.4 Å². The summed E-state index contributed by atoms with van der Waals surface area (Å²) in [5.41, 5.74) is 7.47. The van der Waals surface area contributed by atoms with Gasteiger partial charge in [-0.1, -0.05) is 12.1 Å². The lowest BCUT2D eigenvalue weighted by Crippen LogP contribution is -2.33. The molecule has 1 aromatic carbocycles. The van der Waals surface area contributed by atoms with E-state index < -0.39 is 8.32 Å². The van der Waals surface area contributed by atoms with Gasteiger partial charge in [-0.25, -0.2) is 0 Å². The molecule has 0 bridgehead atoms. The average molecular weight is 324 g/mol. The minimum atomic E-state index is -1.62. The first-order chi connectivity index (χ1) is 10.3. The zero-order valence-electron chi connectivity index (χ0n) is 14.2. The van der Waals surface area contributed by atoms with Crippen molar-refractivity contribution in [3.63, 3.8) is 0 Å². The summed E-state index contributed by atoms with van der Waals surface area (Å²) in [6.45, 7) is 9.02. The summed E-state index contributed by atoms with van der Waals surface area (Å²) in [7, 11) is -1.62. The van der Waals surface area contributed by atoms with Crippen LogP contribution >= 0.6 is 0 Å². The van der Waals surface area contributed by atoms with Gasteiger partial charge in [0.25, 0.3) is 0 Å². The highest BCUT2D eigenvalue weighted by atomic mass is 28.4. The maximum absolute atomic E-state index is 11.7. The molecule has 0 aliphatic heterocycles. The third kappa shape index (κ3) is 8.19. The number of carbonyl (C=O) groups is 1. The van der Waals surface area contributed by atoms with Gasteiger partial charge < -0.3 is 14.9 Å². The molecule has 0 aromatic heterocycles. The molecule has 0 fully saturated rings. The van der Waals surface area contributed by atoms with Crippen molar-refractivity contribution < 1.29 is 14.0 Å². The predicted octanol–water partition coefficient (Wildman–Crippen LogP) is 3.76. The summed E-state index contributed by atoms with van der Waals surface area (Å²) in [6, 6.07) is 8.60. The fourth-order valence-electron chi connectivity index (χ4n) is 2.38. The Labute approximate surface area is 135 Å². The quantitative estimate of drug-likeness (QED) is 0.325. The number of ether oxygens (including phenoxy) is 1. The summed E-state index contributed by atoms with van der Waals surface area (Å²) in [5.74, 6) is -0.138. The predicted molar refractivity (Wildman–Crippen MR) is 93.3 cm³/mol. The summed E-state index contributed by atoms with van der Waals surface area (Å²) < 4.78 is 11.2. The molecule has 2 N–H and O–H groups in total. The fraction of sp³-hybridized carbons (Fsp3) is 0.588. The van der Waals surface area contributed by atoms with E-state index >= 15 is 0 Å². The molecule has 4 nitrogen and oxygen atoms in total. The highest BCUT2D eigenvalue weighted by molar-refractivity contribution is 6.71. The molecule has 0 aliphatic carbocycles. The largest absolute Gasteiger partial charge is 0.466 e. The van der Waals surface area contributed by atoms with Crippen LogP contribution in [-0.4, -0.2) is 27.0 Å². The molecule has 0 aliphatic rings. The molecule has 0 amide bonds. The molecule has 1 aromatic rings. The first-order valence-electron chi connectivity index (χ1n) is 7.96. The van der Waals surface area contributed by atoms with Gasteiger partial charge >= 0.3 is 5.97 Å². The van der Waals surface area contributed by atoms with Gasteiger partial charge in [-0.05, 0) is 63.5 Å². The number of anilines is 1. The van der Waals surface area contributed by atoms with Crippen molar-refractivity contribution >= 4 is 20.0 Å². The number of nitrogen functional groups attached to an aromatic ring is 1. The molecular weight excluding hydrogens is 294 g/mol. The van der Waals surface area contributed by atoms with Crippen LogP contribution in [0.5, 0.6) is 0 Å². The van der Waals surface area contributed by atoms with E-state index in [1.165, 1.54) is 0 Å². The first-order valence-corrected chi connectivity index (χ1v) is 11.1. The van der Waals surface area contributed by atoms with E-state index in [0.29, 0.717) is 19.4 Å². The average Bonchev–Trinajstić information content (AvgIpc) is 2.41. The minimum absolute atomic E-state index is 0.138. The number of aryl methyl sites for hydroxylation is 1. The van der Waals surface area contributed by atoms with E-state index in [9.17, 15) is 4.79 Å². The molecule has 0 radical (unpaired) electrons. The Morgan fingerprint density at radius 1 is 1.23 bits per heavy atom. The third-order valence-electron chi connectivity index (χ3n) is 3.34. The molecule has 0 saturated carbocycles. The van der Waals surface area contributed by atoms with Gasteiger partial charge in [0, 0.05) is 18.2 Å². The van der Waals surface area contributed by atoms with Crippen LogP contribution in [0.3, 0.4) is 0 Å². The number of hydrogen-bond acceptors (Lipinski definition) is 4. The Hall–Kier alpha value is -1.33. The Kier molecular flexibility index (Phi) is 7.62. The zero-order valence-corrected chi connectivity index (χ0v) is 15.2. The number of hydrogen-bond donors (Lipinski definition) is 1. The lowest BCUT2D eigenvalue weighted by molar-refractivity contribution is -0.143. The summed E-state index contributed by atoms with van der Waals surface area (Å²) >= 11 is 0. The van der Waals surface area contributed by atoms with E-state index in [-0.39, 0.29) is 12.1 Å². The number of esters is 1. The third-order valence-corrected chi connectivity index (χ3v) is 6.01. The first kappa shape index (κ1) is 18.7. The SMILES string of the molecule is CC(C)O[Si](C)(C)CCCOC(=O)CCc1ccc(N)cc1. The molecule has 124 valence electrons. The molecular formula is C17H29NO3Si. The van der Waals surface area contributed by atoms with Gasteiger partial charge in [-0.3, -0.25) is 4.79 Å². The lowest BCUT2D eigenvalue weighted by atomic mass is 10.1. The topological polar surface area (TPSA) is 61.5 Å². The second kappa shape index (κ2) is 8.95. The number of carbonyl (C=O) groups excluding carboxylic acids is 1. The monoisotopic (exact) mass is 323 g/mol. The number of rotatable bonds is 9. The second-order valence-electron chi connectivity index (χ2n) is 6.49. The molecule has 0 unspecified atom stereocenters. The van der Waals surface area contributed by atoms with E-state index in [4.69, 9.17) is 14.9 Å². The molecule has 0 spiro atoms. The van der Waals surface area contributed by atoms with E-state index in [2.05, 4.69) is 26.9 Å². The van der Waals surface area contributed by atoms with Gasteiger partial charge in [-0.15, -0.1) is 0 Å². The highest BCUT2D eigenvalue weighted by Crippen LogP contribution is 2.16. The van der Waals surface area contributed by atoms with Gasteiger partial charge in [0.15, 0.2) is 8.32 Å². The normalized spacial score (nSPS) is 11.7. The zero-order chi connectivity index (χ0) is 16.6. The molecule has 0 heterocycles. The molecule has 0 atom stereocenters. The maximum atomic E-state index is 11.7. The highest BCUT2D eigenvalue weighted by Gasteiger charge is 2.23. The van der Waals surface area contributed by atoms with Crippen LogP contribution in [0.4, 0.5) is 5.69 Å². The Balaban J connectivity index is 2.17. The number of benzene rings is 1. The van der Waals surface area contributed by atoms with E-state index in [1.54, 1.807) is 0 Å². The van der Waals surface area contributed by atoms with Gasteiger partial charge in [0.05, 0.1) is 6.61 Å². The van der Waals surface area contributed by atoms with Gasteiger partial charge in [0.1, 0.15) is 0 Å². The van der Waals surface area contributed by atoms with Crippen LogP contribution in [0.2, 0.25) is 19.1 Å². The molecule has 1 rings (SSSR count). The van der Waals surface area contributed by atoms with Crippen molar-refractivity contribution in [1.29, 1.82) is 0 Å². The maximum Gasteiger partial charge on any atom is 0.306 e. The van der Waals surface area contributed by atoms with Crippen LogP contribution in [0.25, 0.3) is 0 Å². The molecule has 22 heavy (non-hydrogen) atoms. The van der Waals surface area contributed by atoms with Crippen molar-refractivity contribution in [3.05, 3.63) is 29.8 Å². The van der Waals surface area contributed by atoms with Crippen molar-refractivity contribution in [2.45, 2.75) is 58.4 Å². The van der Waals surface area contributed by atoms with Crippen LogP contribution in [0.15, 0.2) is 24.3 Å². The fourth-order valence-corrected chi connectivity index (χ4v) is 4.77. The Morgan fingerprint density at radius 2 is 1.86 bits per heavy atom. The van der Waals surface area contributed by atoms with Gasteiger partial charge in [0.2, 0.25) is 0 Å². The Morgan fingerprint density at radius 3 is 2.45 bits per heavy atom. The Bertz CT molecular complexity index is 457. The van der Waals surface area contributed by atoms with Crippen molar-refractivity contribution in [2.75, 3.05) is 12.3 Å². The summed E-state index contributed by atoms with van der Waals surface area (Å²) in [4.78, 5) is 11.7. The van der Waals surface area contributed by atoms with Gasteiger partial charge in [-0.2, -0.15) is 0 Å². The molecule has 5 heteroatoms. The van der Waals surface area contributed by atoms with E-state index in [0.717, 1.165) is 23.7 Å².